The van der Waals surface area contributed by atoms with Crippen LogP contribution in [-0.4, -0.2) is 26.6 Å². The van der Waals surface area contributed by atoms with Gasteiger partial charge in [-0.15, -0.1) is 11.3 Å². The van der Waals surface area contributed by atoms with Gasteiger partial charge in [0.25, 0.3) is 18.2 Å². The number of carbonyl (C=O) groups excluding carboxylic acids is 2. The lowest BCUT2D eigenvalue weighted by atomic mass is 10.0. The van der Waals surface area contributed by atoms with E-state index in [1.165, 1.54) is 22.9 Å². The molecule has 5 aromatic rings. The van der Waals surface area contributed by atoms with Gasteiger partial charge >= 0.3 is 0 Å². The summed E-state index contributed by atoms with van der Waals surface area (Å²) in [6.45, 7) is 1.42. The first kappa shape index (κ1) is 26.9. The minimum absolute atomic E-state index is 0.0216. The second-order valence-corrected chi connectivity index (χ2v) is 9.63. The van der Waals surface area contributed by atoms with Crippen LogP contribution in [0.25, 0.3) is 21.3 Å². The number of aromatic nitrogens is 3. The van der Waals surface area contributed by atoms with E-state index in [4.69, 9.17) is 14.9 Å². The number of pyridine rings is 1. The third-order valence-corrected chi connectivity index (χ3v) is 6.92. The van der Waals surface area contributed by atoms with Gasteiger partial charge in [0, 0.05) is 30.3 Å². The number of benzene rings is 1. The molecule has 4 heterocycles. The van der Waals surface area contributed by atoms with Crippen LogP contribution in [-0.2, 0) is 13.7 Å². The van der Waals surface area contributed by atoms with Crippen LogP contribution in [0, 0.1) is 18.6 Å². The molecule has 0 spiro atoms. The Hall–Kier alpha value is -4.72. The summed E-state index contributed by atoms with van der Waals surface area (Å²) in [5.74, 6) is -3.61. The number of anilines is 1. The molecule has 0 saturated carbocycles. The lowest BCUT2D eigenvalue weighted by Crippen LogP contribution is -2.16. The highest BCUT2D eigenvalue weighted by molar-refractivity contribution is 7.21. The maximum atomic E-state index is 13.8. The van der Waals surface area contributed by atoms with E-state index in [9.17, 15) is 27.2 Å². The van der Waals surface area contributed by atoms with Crippen LogP contribution in [0.4, 0.5) is 23.2 Å². The Morgan fingerprint density at radius 3 is 2.60 bits per heavy atom. The van der Waals surface area contributed by atoms with Crippen LogP contribution in [0.15, 0.2) is 47.0 Å². The number of thiophene rings is 1. The van der Waals surface area contributed by atoms with Gasteiger partial charge in [-0.05, 0) is 42.8 Å². The predicted octanol–water partition coefficient (Wildman–Crippen LogP) is 5.74. The molecule has 0 aliphatic carbocycles. The van der Waals surface area contributed by atoms with Gasteiger partial charge in [-0.3, -0.25) is 14.3 Å². The molecule has 9 nitrogen and oxygen atoms in total. The molecule has 0 radical (unpaired) electrons. The number of furan rings is 1. The van der Waals surface area contributed by atoms with E-state index in [0.717, 1.165) is 23.5 Å². The number of alkyl halides is 2. The average molecular weight is 574 g/mol. The Balaban J connectivity index is 1.50. The van der Waals surface area contributed by atoms with Gasteiger partial charge in [0.05, 0.1) is 11.4 Å². The zero-order valence-electron chi connectivity index (χ0n) is 20.8. The lowest BCUT2D eigenvalue weighted by Gasteiger charge is -2.10. The van der Waals surface area contributed by atoms with E-state index in [0.29, 0.717) is 17.3 Å². The fraction of sp³-hybridized carbons (Fsp3) is 0.154. The summed E-state index contributed by atoms with van der Waals surface area (Å²) in [6.07, 6.45) is -1.28. The minimum Gasteiger partial charge on any atom is -0.483 e. The third kappa shape index (κ3) is 5.12. The van der Waals surface area contributed by atoms with Crippen molar-refractivity contribution in [1.82, 2.24) is 14.8 Å². The van der Waals surface area contributed by atoms with Gasteiger partial charge in [-0.2, -0.15) is 5.10 Å². The van der Waals surface area contributed by atoms with Gasteiger partial charge in [0.15, 0.2) is 17.3 Å². The Morgan fingerprint density at radius 1 is 1.18 bits per heavy atom. The van der Waals surface area contributed by atoms with E-state index in [2.05, 4.69) is 15.4 Å². The number of nitrogens with one attached hydrogen (secondary N) is 1. The molecule has 0 atom stereocenters. The first-order valence-corrected chi connectivity index (χ1v) is 12.4. The van der Waals surface area contributed by atoms with Crippen LogP contribution in [0.2, 0.25) is 0 Å². The van der Waals surface area contributed by atoms with Crippen molar-refractivity contribution >= 4 is 39.1 Å². The number of amides is 2. The number of halogens is 4. The molecule has 1 aromatic carbocycles. The number of ether oxygens (including phenoxy) is 1. The minimum atomic E-state index is -2.90. The molecule has 0 aliphatic heterocycles. The van der Waals surface area contributed by atoms with Crippen molar-refractivity contribution < 1.29 is 36.3 Å². The smallest absolute Gasteiger partial charge is 0.291 e. The number of hydrogen-bond acceptors (Lipinski definition) is 7. The summed E-state index contributed by atoms with van der Waals surface area (Å²) < 4.78 is 66.6. The number of nitrogens with two attached hydrogens (primary N) is 1. The second kappa shape index (κ2) is 10.4. The largest absolute Gasteiger partial charge is 0.483 e. The molecule has 0 fully saturated rings. The fourth-order valence-electron chi connectivity index (χ4n) is 4.09. The zero-order chi connectivity index (χ0) is 28.7. The molecule has 14 heteroatoms. The zero-order valence-corrected chi connectivity index (χ0v) is 21.6. The number of nitrogens with zero attached hydrogens (tertiary/aromatic N) is 3. The topological polar surface area (TPSA) is 125 Å². The highest BCUT2D eigenvalue weighted by atomic mass is 32.1. The first-order chi connectivity index (χ1) is 19.0. The molecule has 5 rings (SSSR count). The molecule has 3 N–H and O–H groups in total. The van der Waals surface area contributed by atoms with Crippen LogP contribution >= 0.6 is 11.3 Å². The molecular formula is C26H19F4N5O4S. The Labute approximate surface area is 227 Å². The Morgan fingerprint density at radius 2 is 1.95 bits per heavy atom. The van der Waals surface area contributed by atoms with E-state index < -0.39 is 35.6 Å². The second-order valence-electron chi connectivity index (χ2n) is 8.63. The van der Waals surface area contributed by atoms with Gasteiger partial charge in [0.1, 0.15) is 33.6 Å². The van der Waals surface area contributed by atoms with Crippen LogP contribution < -0.4 is 15.8 Å². The molecule has 0 aliphatic rings. The van der Waals surface area contributed by atoms with E-state index in [1.54, 1.807) is 20.2 Å². The summed E-state index contributed by atoms with van der Waals surface area (Å²) in [7, 11) is 1.66. The van der Waals surface area contributed by atoms with Crippen molar-refractivity contribution in [3.63, 3.8) is 0 Å². The van der Waals surface area contributed by atoms with Gasteiger partial charge < -0.3 is 20.2 Å². The van der Waals surface area contributed by atoms with Gasteiger partial charge in [0.2, 0.25) is 0 Å². The van der Waals surface area contributed by atoms with E-state index in [1.807, 2.05) is 0 Å². The Bertz CT molecular complexity index is 1780. The number of fused-ring (bicyclic) bond motifs is 1. The van der Waals surface area contributed by atoms with Gasteiger partial charge in [-0.1, -0.05) is 0 Å². The van der Waals surface area contributed by atoms with Crippen LogP contribution in [0.3, 0.4) is 0 Å². The van der Waals surface area contributed by atoms with Crippen molar-refractivity contribution in [3.05, 3.63) is 82.0 Å². The molecule has 206 valence electrons. The molecular weight excluding hydrogens is 554 g/mol. The average Bonchev–Trinajstić information content (AvgIpc) is 3.60. The molecule has 0 unspecified atom stereocenters. The summed E-state index contributed by atoms with van der Waals surface area (Å²) >= 11 is 0.762. The molecule has 4 aromatic heterocycles. The monoisotopic (exact) mass is 573 g/mol. The molecule has 2 amide bonds. The van der Waals surface area contributed by atoms with Crippen LogP contribution in [0.1, 0.15) is 43.8 Å². The summed E-state index contributed by atoms with van der Waals surface area (Å²) in [5.41, 5.74) is 6.32. The summed E-state index contributed by atoms with van der Waals surface area (Å²) in [4.78, 5) is 29.4. The number of hydrogen-bond donors (Lipinski definition) is 2. The highest BCUT2D eigenvalue weighted by Gasteiger charge is 2.27. The van der Waals surface area contributed by atoms with Crippen molar-refractivity contribution in [2.45, 2.75) is 20.0 Å². The number of carbonyl (C=O) groups is 2. The van der Waals surface area contributed by atoms with E-state index in [-0.39, 0.29) is 50.2 Å². The van der Waals surface area contributed by atoms with Crippen molar-refractivity contribution in [3.8, 4) is 16.9 Å². The lowest BCUT2D eigenvalue weighted by molar-refractivity contribution is 0.0992. The number of aryl methyl sites for hydroxylation is 2. The number of primary amides is 1. The molecule has 0 saturated heterocycles. The highest BCUT2D eigenvalue weighted by Crippen LogP contribution is 2.43. The molecule has 40 heavy (non-hydrogen) atoms. The van der Waals surface area contributed by atoms with Crippen molar-refractivity contribution in [2.75, 3.05) is 5.32 Å². The van der Waals surface area contributed by atoms with Crippen molar-refractivity contribution in [2.24, 2.45) is 12.8 Å². The Kier molecular flexibility index (Phi) is 7.02. The SMILES string of the molecule is Cc1nn(C)cc1-c1cc(C(F)F)nc2sc(C(N)=O)c(NC(=O)c3ccc(COc4ccc(F)cc4F)o3)c12. The van der Waals surface area contributed by atoms with Crippen molar-refractivity contribution in [1.29, 1.82) is 0 Å². The van der Waals surface area contributed by atoms with Gasteiger partial charge in [-0.25, -0.2) is 22.5 Å². The third-order valence-electron chi connectivity index (χ3n) is 5.82. The van der Waals surface area contributed by atoms with E-state index >= 15 is 0 Å². The fourth-order valence-corrected chi connectivity index (χ4v) is 5.11. The standard InChI is InChI=1S/C26H19F4N5O4S/c1-11-15(9-35(2)34-11)14-8-17(23(29)30)32-26-20(14)21(22(40-26)24(31)36)33-25(37)19-6-4-13(39-19)10-38-18-5-3-12(27)7-16(18)28/h3-9,23H,10H2,1-2H3,(H2,31,36)(H,33,37). The molecule has 0 bridgehead atoms. The maximum Gasteiger partial charge on any atom is 0.291 e. The first-order valence-electron chi connectivity index (χ1n) is 11.6. The predicted molar refractivity (Wildman–Crippen MR) is 137 cm³/mol. The normalized spacial score (nSPS) is 11.4. The summed E-state index contributed by atoms with van der Waals surface area (Å²) in [6, 6.07) is 6.73. The number of rotatable bonds is 8. The summed E-state index contributed by atoms with van der Waals surface area (Å²) in [5, 5.41) is 7.09. The quantitative estimate of drug-likeness (QED) is 0.228. The van der Waals surface area contributed by atoms with Crippen LogP contribution in [0.5, 0.6) is 5.75 Å². The maximum absolute atomic E-state index is 13.8.